The van der Waals surface area contributed by atoms with Crippen LogP contribution in [0.3, 0.4) is 0 Å². The lowest BCUT2D eigenvalue weighted by Crippen LogP contribution is -2.33. The molecule has 0 saturated carbocycles. The first kappa shape index (κ1) is 9.54. The van der Waals surface area contributed by atoms with Crippen LogP contribution in [0.1, 0.15) is 16.8 Å². The van der Waals surface area contributed by atoms with Gasteiger partial charge in [0.2, 0.25) is 0 Å². The van der Waals surface area contributed by atoms with E-state index in [9.17, 15) is 4.79 Å². The van der Waals surface area contributed by atoms with E-state index in [-0.39, 0.29) is 5.56 Å². The van der Waals surface area contributed by atoms with Crippen LogP contribution >= 0.6 is 0 Å². The zero-order valence-corrected chi connectivity index (χ0v) is 9.16. The summed E-state index contributed by atoms with van der Waals surface area (Å²) in [6.07, 6.45) is 2.63. The molecule has 0 radical (unpaired) electrons. The zero-order chi connectivity index (χ0) is 11.1. The number of nitrogens with zero attached hydrogens (tertiary/aromatic N) is 2. The third-order valence-corrected chi connectivity index (χ3v) is 3.07. The van der Waals surface area contributed by atoms with Crippen molar-refractivity contribution in [2.24, 2.45) is 0 Å². The Morgan fingerprint density at radius 2 is 2.38 bits per heavy atom. The van der Waals surface area contributed by atoms with E-state index in [0.717, 1.165) is 35.4 Å². The number of aryl methyl sites for hydroxylation is 1. The van der Waals surface area contributed by atoms with Gasteiger partial charge in [-0.1, -0.05) is 6.07 Å². The summed E-state index contributed by atoms with van der Waals surface area (Å²) in [7, 11) is 0. The molecule has 0 bridgehead atoms. The number of hydrogen-bond donors (Lipinski definition) is 1. The Hall–Kier alpha value is -1.68. The maximum absolute atomic E-state index is 12.2. The molecule has 82 valence electrons. The average molecular weight is 215 g/mol. The van der Waals surface area contributed by atoms with Gasteiger partial charge in [0, 0.05) is 25.7 Å². The molecular weight excluding hydrogens is 202 g/mol. The first-order valence-corrected chi connectivity index (χ1v) is 5.48. The highest BCUT2D eigenvalue weighted by Gasteiger charge is 2.16. The predicted molar refractivity (Wildman–Crippen MR) is 61.6 cm³/mol. The fourth-order valence-corrected chi connectivity index (χ4v) is 2.18. The van der Waals surface area contributed by atoms with Crippen molar-refractivity contribution in [3.8, 4) is 0 Å². The highest BCUT2D eigenvalue weighted by atomic mass is 16.1. The molecule has 3 heterocycles. The maximum atomic E-state index is 12.2. The summed E-state index contributed by atoms with van der Waals surface area (Å²) in [5, 5.41) is 3.21. The lowest BCUT2D eigenvalue weighted by Gasteiger charge is -2.16. The van der Waals surface area contributed by atoms with Gasteiger partial charge in [0.1, 0.15) is 5.65 Å². The molecule has 0 saturated heterocycles. The highest BCUT2D eigenvalue weighted by Crippen LogP contribution is 2.11. The van der Waals surface area contributed by atoms with E-state index in [2.05, 4.69) is 10.3 Å². The van der Waals surface area contributed by atoms with Crippen molar-refractivity contribution in [2.45, 2.75) is 19.9 Å². The first-order chi connectivity index (χ1) is 7.77. The molecule has 4 nitrogen and oxygen atoms in total. The summed E-state index contributed by atoms with van der Waals surface area (Å²) >= 11 is 0. The number of pyridine rings is 1. The number of fused-ring (bicyclic) bond motifs is 2. The van der Waals surface area contributed by atoms with E-state index in [1.807, 2.05) is 19.1 Å². The van der Waals surface area contributed by atoms with Gasteiger partial charge < -0.3 is 5.32 Å². The van der Waals surface area contributed by atoms with Crippen LogP contribution in [0.25, 0.3) is 5.65 Å². The van der Waals surface area contributed by atoms with Gasteiger partial charge in [-0.05, 0) is 18.6 Å². The molecule has 2 aromatic rings. The number of aromatic nitrogens is 2. The molecule has 0 aliphatic carbocycles. The minimum absolute atomic E-state index is 0.0656. The standard InChI is InChI=1S/C12H13N3O/c1-8-3-2-6-15-11(8)14-10-4-5-13-7-9(10)12(15)16/h2-3,6,13H,4-5,7H2,1H3. The molecule has 0 atom stereocenters. The molecule has 4 heteroatoms. The molecule has 0 aromatic carbocycles. The summed E-state index contributed by atoms with van der Waals surface area (Å²) in [4.78, 5) is 16.8. The monoisotopic (exact) mass is 215 g/mol. The Bertz CT molecular complexity index is 615. The normalized spacial score (nSPS) is 15.1. The van der Waals surface area contributed by atoms with E-state index >= 15 is 0 Å². The Morgan fingerprint density at radius 1 is 1.50 bits per heavy atom. The van der Waals surface area contributed by atoms with Gasteiger partial charge in [-0.3, -0.25) is 9.20 Å². The van der Waals surface area contributed by atoms with Crippen LogP contribution in [0.4, 0.5) is 0 Å². The molecule has 1 N–H and O–H groups in total. The van der Waals surface area contributed by atoms with Gasteiger partial charge in [-0.15, -0.1) is 0 Å². The van der Waals surface area contributed by atoms with Crippen molar-refractivity contribution < 1.29 is 0 Å². The van der Waals surface area contributed by atoms with Crippen molar-refractivity contribution >= 4 is 5.65 Å². The minimum Gasteiger partial charge on any atom is -0.312 e. The van der Waals surface area contributed by atoms with Crippen molar-refractivity contribution in [3.63, 3.8) is 0 Å². The van der Waals surface area contributed by atoms with Crippen LogP contribution in [-0.2, 0) is 13.0 Å². The molecule has 0 spiro atoms. The lowest BCUT2D eigenvalue weighted by molar-refractivity contribution is 0.620. The summed E-state index contributed by atoms with van der Waals surface area (Å²) in [5.41, 5.74) is 3.66. The van der Waals surface area contributed by atoms with E-state index in [1.165, 1.54) is 0 Å². The van der Waals surface area contributed by atoms with Crippen LogP contribution < -0.4 is 10.9 Å². The second kappa shape index (κ2) is 3.42. The van der Waals surface area contributed by atoms with Crippen LogP contribution in [0.5, 0.6) is 0 Å². The Balaban J connectivity index is 2.44. The third kappa shape index (κ3) is 1.27. The number of rotatable bonds is 0. The van der Waals surface area contributed by atoms with Gasteiger partial charge in [0.15, 0.2) is 0 Å². The SMILES string of the molecule is Cc1cccn2c(=O)c3c(nc12)CCNC3. The second-order valence-corrected chi connectivity index (χ2v) is 4.15. The highest BCUT2D eigenvalue weighted by molar-refractivity contribution is 5.48. The Labute approximate surface area is 92.9 Å². The number of hydrogen-bond acceptors (Lipinski definition) is 3. The Morgan fingerprint density at radius 3 is 3.25 bits per heavy atom. The average Bonchev–Trinajstić information content (AvgIpc) is 2.31. The molecule has 2 aromatic heterocycles. The van der Waals surface area contributed by atoms with Gasteiger partial charge in [-0.2, -0.15) is 0 Å². The smallest absolute Gasteiger partial charge is 0.262 e. The van der Waals surface area contributed by atoms with E-state index < -0.39 is 0 Å². The molecule has 0 unspecified atom stereocenters. The van der Waals surface area contributed by atoms with Crippen LogP contribution in [0, 0.1) is 6.92 Å². The van der Waals surface area contributed by atoms with Crippen molar-refractivity contribution in [1.29, 1.82) is 0 Å². The molecule has 0 fully saturated rings. The van der Waals surface area contributed by atoms with E-state index in [1.54, 1.807) is 10.6 Å². The molecule has 1 aliphatic rings. The predicted octanol–water partition coefficient (Wildman–Crippen LogP) is 0.649. The van der Waals surface area contributed by atoms with Crippen LogP contribution in [0.2, 0.25) is 0 Å². The lowest BCUT2D eigenvalue weighted by atomic mass is 10.1. The number of nitrogens with one attached hydrogen (secondary N) is 1. The minimum atomic E-state index is 0.0656. The fraction of sp³-hybridized carbons (Fsp3) is 0.333. The summed E-state index contributed by atoms with van der Waals surface area (Å²) in [6.45, 7) is 3.52. The van der Waals surface area contributed by atoms with E-state index in [0.29, 0.717) is 6.54 Å². The van der Waals surface area contributed by atoms with Gasteiger partial charge in [-0.25, -0.2) is 4.98 Å². The Kier molecular flexibility index (Phi) is 2.04. The van der Waals surface area contributed by atoms with E-state index in [4.69, 9.17) is 0 Å². The quantitative estimate of drug-likeness (QED) is 0.702. The molecule has 16 heavy (non-hydrogen) atoms. The fourth-order valence-electron chi connectivity index (χ4n) is 2.18. The molecular formula is C12H13N3O. The van der Waals surface area contributed by atoms with Crippen LogP contribution in [-0.4, -0.2) is 15.9 Å². The first-order valence-electron chi connectivity index (χ1n) is 5.48. The summed E-state index contributed by atoms with van der Waals surface area (Å²) < 4.78 is 1.64. The van der Waals surface area contributed by atoms with Gasteiger partial charge in [0.05, 0.1) is 11.3 Å². The van der Waals surface area contributed by atoms with Crippen LogP contribution in [0.15, 0.2) is 23.1 Å². The third-order valence-electron chi connectivity index (χ3n) is 3.07. The largest absolute Gasteiger partial charge is 0.312 e. The molecule has 3 rings (SSSR count). The molecule has 1 aliphatic heterocycles. The second-order valence-electron chi connectivity index (χ2n) is 4.15. The van der Waals surface area contributed by atoms with Gasteiger partial charge in [0.25, 0.3) is 5.56 Å². The van der Waals surface area contributed by atoms with Crippen molar-refractivity contribution in [2.75, 3.05) is 6.54 Å². The van der Waals surface area contributed by atoms with Crippen molar-refractivity contribution in [3.05, 3.63) is 45.5 Å². The van der Waals surface area contributed by atoms with Gasteiger partial charge >= 0.3 is 0 Å². The van der Waals surface area contributed by atoms with Crippen molar-refractivity contribution in [1.82, 2.24) is 14.7 Å². The summed E-state index contributed by atoms with van der Waals surface area (Å²) in [6, 6.07) is 3.86. The summed E-state index contributed by atoms with van der Waals surface area (Å²) in [5.74, 6) is 0. The maximum Gasteiger partial charge on any atom is 0.262 e. The zero-order valence-electron chi connectivity index (χ0n) is 9.16. The topological polar surface area (TPSA) is 46.4 Å². The molecule has 0 amide bonds.